The van der Waals surface area contributed by atoms with Crippen LogP contribution in [0.15, 0.2) is 48.5 Å². The van der Waals surface area contributed by atoms with Crippen LogP contribution in [0, 0.1) is 0 Å². The van der Waals surface area contributed by atoms with E-state index in [9.17, 15) is 18.0 Å². The third-order valence-electron chi connectivity index (χ3n) is 5.37. The van der Waals surface area contributed by atoms with Gasteiger partial charge in [-0.2, -0.15) is 13.1 Å². The third kappa shape index (κ3) is 7.19. The van der Waals surface area contributed by atoms with E-state index in [1.165, 1.54) is 4.31 Å². The summed E-state index contributed by atoms with van der Waals surface area (Å²) in [6.07, 6.45) is 0.814. The van der Waals surface area contributed by atoms with E-state index in [1.54, 1.807) is 45.9 Å². The molecule has 35 heavy (non-hydrogen) atoms. The van der Waals surface area contributed by atoms with Gasteiger partial charge in [-0.05, 0) is 51.3 Å². The zero-order valence-corrected chi connectivity index (χ0v) is 21.4. The van der Waals surface area contributed by atoms with Gasteiger partial charge in [-0.3, -0.25) is 9.10 Å². The predicted molar refractivity (Wildman–Crippen MR) is 137 cm³/mol. The lowest BCUT2D eigenvalue weighted by Gasteiger charge is -2.31. The molecular weight excluding hydrogens is 468 g/mol. The van der Waals surface area contributed by atoms with E-state index in [2.05, 4.69) is 15.4 Å². The van der Waals surface area contributed by atoms with Gasteiger partial charge in [-0.25, -0.2) is 4.79 Å². The average molecular weight is 503 g/mol. The van der Waals surface area contributed by atoms with Crippen LogP contribution in [0.4, 0.5) is 16.2 Å². The van der Waals surface area contributed by atoms with Gasteiger partial charge in [0.2, 0.25) is 5.91 Å². The van der Waals surface area contributed by atoms with Gasteiger partial charge >= 0.3 is 16.3 Å². The average Bonchev–Trinajstić information content (AvgIpc) is 2.78. The van der Waals surface area contributed by atoms with Crippen LogP contribution in [0.5, 0.6) is 0 Å². The Morgan fingerprint density at radius 2 is 1.80 bits per heavy atom. The molecule has 1 atom stereocenters. The monoisotopic (exact) mass is 502 g/mol. The number of ether oxygens (including phenoxy) is 1. The van der Waals surface area contributed by atoms with E-state index in [0.29, 0.717) is 30.8 Å². The van der Waals surface area contributed by atoms with Gasteiger partial charge in [0.05, 0.1) is 5.69 Å². The number of hydrogen-bond acceptors (Lipinski definition) is 5. The number of carbonyl (C=O) groups excluding carboxylic acids is 2. The first-order valence-corrected chi connectivity index (χ1v) is 13.2. The number of benzene rings is 2. The number of nitrogens with zero attached hydrogens (tertiary/aromatic N) is 1. The Bertz CT molecular complexity index is 1150. The second-order valence-electron chi connectivity index (χ2n) is 9.36. The molecule has 0 fully saturated rings. The molecule has 9 nitrogen and oxygen atoms in total. The van der Waals surface area contributed by atoms with Gasteiger partial charge in [0.15, 0.2) is 0 Å². The molecule has 0 radical (unpaired) electrons. The molecule has 2 aromatic rings. The molecular formula is C25H34N4O5S. The molecule has 190 valence electrons. The summed E-state index contributed by atoms with van der Waals surface area (Å²) in [5.74, 6) is -0.417. The third-order valence-corrected chi connectivity index (χ3v) is 6.99. The highest BCUT2D eigenvalue weighted by molar-refractivity contribution is 7.90. The van der Waals surface area contributed by atoms with Crippen LogP contribution in [-0.4, -0.2) is 45.2 Å². The van der Waals surface area contributed by atoms with Crippen molar-refractivity contribution in [1.82, 2.24) is 10.0 Å². The molecule has 0 unspecified atom stereocenters. The SMILES string of the molecule is CCNS(=O)(=O)N1CCCc2c(NC(=O)[C@H](Cc3ccccc3)NC(=O)OC(C)(C)C)cccc21. The quantitative estimate of drug-likeness (QED) is 0.512. The molecule has 2 amide bonds. The van der Waals surface area contributed by atoms with E-state index >= 15 is 0 Å². The molecule has 2 aromatic carbocycles. The molecule has 1 aliphatic rings. The van der Waals surface area contributed by atoms with Crippen LogP contribution in [0.2, 0.25) is 0 Å². The first-order chi connectivity index (χ1) is 16.5. The molecule has 3 N–H and O–H groups in total. The van der Waals surface area contributed by atoms with Crippen molar-refractivity contribution in [2.75, 3.05) is 22.7 Å². The Hall–Kier alpha value is -3.11. The summed E-state index contributed by atoms with van der Waals surface area (Å²) in [5.41, 5.74) is 1.96. The van der Waals surface area contributed by atoms with Crippen molar-refractivity contribution < 1.29 is 22.7 Å². The Morgan fingerprint density at radius 1 is 1.09 bits per heavy atom. The van der Waals surface area contributed by atoms with Crippen molar-refractivity contribution >= 4 is 33.6 Å². The second-order valence-corrected chi connectivity index (χ2v) is 11.0. The minimum Gasteiger partial charge on any atom is -0.444 e. The zero-order valence-electron chi connectivity index (χ0n) is 20.6. The van der Waals surface area contributed by atoms with Crippen molar-refractivity contribution in [2.24, 2.45) is 0 Å². The highest BCUT2D eigenvalue weighted by Crippen LogP contribution is 2.34. The summed E-state index contributed by atoms with van der Waals surface area (Å²) in [4.78, 5) is 25.8. The second kappa shape index (κ2) is 11.1. The van der Waals surface area contributed by atoms with Gasteiger partial charge in [0.25, 0.3) is 0 Å². The van der Waals surface area contributed by atoms with E-state index in [1.807, 2.05) is 30.3 Å². The van der Waals surface area contributed by atoms with Crippen LogP contribution < -0.4 is 19.7 Å². The molecule has 0 aliphatic carbocycles. The van der Waals surface area contributed by atoms with Crippen molar-refractivity contribution in [2.45, 2.75) is 58.6 Å². The first-order valence-electron chi connectivity index (χ1n) is 11.7. The summed E-state index contributed by atoms with van der Waals surface area (Å²) in [6.45, 7) is 7.62. The summed E-state index contributed by atoms with van der Waals surface area (Å²) in [6, 6.07) is 13.7. The van der Waals surface area contributed by atoms with Crippen LogP contribution >= 0.6 is 0 Å². The minimum atomic E-state index is -3.69. The van der Waals surface area contributed by atoms with E-state index in [-0.39, 0.29) is 13.0 Å². The predicted octanol–water partition coefficient (Wildman–Crippen LogP) is 3.37. The minimum absolute atomic E-state index is 0.266. The van der Waals surface area contributed by atoms with Crippen molar-refractivity contribution in [3.05, 3.63) is 59.7 Å². The van der Waals surface area contributed by atoms with Gasteiger partial charge in [-0.1, -0.05) is 43.3 Å². The lowest BCUT2D eigenvalue weighted by molar-refractivity contribution is -0.118. The number of nitrogens with one attached hydrogen (secondary N) is 3. The number of anilines is 2. The maximum atomic E-state index is 13.4. The van der Waals surface area contributed by atoms with Gasteiger partial charge in [0.1, 0.15) is 11.6 Å². The molecule has 0 aromatic heterocycles. The van der Waals surface area contributed by atoms with Crippen LogP contribution in [0.1, 0.15) is 45.2 Å². The highest BCUT2D eigenvalue weighted by atomic mass is 32.2. The van der Waals surface area contributed by atoms with Gasteiger partial charge < -0.3 is 15.4 Å². The highest BCUT2D eigenvalue weighted by Gasteiger charge is 2.30. The van der Waals surface area contributed by atoms with Crippen molar-refractivity contribution in [1.29, 1.82) is 0 Å². The van der Waals surface area contributed by atoms with Gasteiger partial charge in [-0.15, -0.1) is 0 Å². The lowest BCUT2D eigenvalue weighted by atomic mass is 10.0. The first kappa shape index (κ1) is 26.5. The smallest absolute Gasteiger partial charge is 0.408 e. The molecule has 1 heterocycles. The largest absolute Gasteiger partial charge is 0.444 e. The molecule has 0 spiro atoms. The molecule has 0 bridgehead atoms. The number of hydrogen-bond donors (Lipinski definition) is 3. The number of fused-ring (bicyclic) bond motifs is 1. The standard InChI is InChI=1S/C25H34N4O5S/c1-5-26-35(32,33)29-16-10-13-19-20(14-9-15-22(19)29)27-23(30)21(17-18-11-7-6-8-12-18)28-24(31)34-25(2,3)4/h6-9,11-12,14-15,21,26H,5,10,13,16-17H2,1-4H3,(H,27,30)(H,28,31)/t21-/m0/s1. The maximum Gasteiger partial charge on any atom is 0.408 e. The topological polar surface area (TPSA) is 117 Å². The van der Waals surface area contributed by atoms with Gasteiger partial charge in [0, 0.05) is 30.8 Å². The van der Waals surface area contributed by atoms with E-state index in [4.69, 9.17) is 4.74 Å². The normalized spacial score (nSPS) is 14.6. The molecule has 1 aliphatic heterocycles. The van der Waals surface area contributed by atoms with Crippen LogP contribution in [0.3, 0.4) is 0 Å². The number of rotatable bonds is 8. The number of carbonyl (C=O) groups is 2. The fourth-order valence-electron chi connectivity index (χ4n) is 3.95. The lowest BCUT2D eigenvalue weighted by Crippen LogP contribution is -2.47. The van der Waals surface area contributed by atoms with Crippen molar-refractivity contribution in [3.8, 4) is 0 Å². The molecule has 0 saturated carbocycles. The van der Waals surface area contributed by atoms with E-state index in [0.717, 1.165) is 11.1 Å². The number of alkyl carbamates (subject to hydrolysis) is 1. The summed E-state index contributed by atoms with van der Waals surface area (Å²) in [7, 11) is -3.69. The summed E-state index contributed by atoms with van der Waals surface area (Å²) < 4.78 is 34.6. The fraction of sp³-hybridized carbons (Fsp3) is 0.440. The van der Waals surface area contributed by atoms with Crippen LogP contribution in [-0.2, 0) is 32.6 Å². The Balaban J connectivity index is 1.86. The maximum absolute atomic E-state index is 13.4. The van der Waals surface area contributed by atoms with Crippen LogP contribution in [0.25, 0.3) is 0 Å². The molecule has 10 heteroatoms. The fourth-order valence-corrected chi connectivity index (χ4v) is 5.27. The molecule has 3 rings (SSSR count). The Morgan fingerprint density at radius 3 is 2.46 bits per heavy atom. The zero-order chi connectivity index (χ0) is 25.6. The Labute approximate surface area is 207 Å². The Kier molecular flexibility index (Phi) is 8.39. The van der Waals surface area contributed by atoms with Crippen molar-refractivity contribution in [3.63, 3.8) is 0 Å². The summed E-state index contributed by atoms with van der Waals surface area (Å²) >= 11 is 0. The summed E-state index contributed by atoms with van der Waals surface area (Å²) in [5, 5.41) is 5.59. The molecule has 0 saturated heterocycles. The number of amides is 2. The van der Waals surface area contributed by atoms with E-state index < -0.39 is 33.9 Å².